The Bertz CT molecular complexity index is 534. The van der Waals surface area contributed by atoms with E-state index < -0.39 is 48.0 Å². The standard InChI is InChI=1S/4C6H14N2O2.ClH/c4*7-4-2-1-3-5(8)6(9)10;/h4*5H,1-4,7-8H2,(H,9,10);1H. The fourth-order valence-corrected chi connectivity index (χ4v) is 2.53. The lowest BCUT2D eigenvalue weighted by Crippen LogP contribution is -2.29. The van der Waals surface area contributed by atoms with Crippen LogP contribution in [0.2, 0.25) is 0 Å². The third kappa shape index (κ3) is 42.5. The molecule has 0 radical (unpaired) electrons. The van der Waals surface area contributed by atoms with Gasteiger partial charge in [-0.1, -0.05) is 25.7 Å². The number of rotatable bonds is 20. The van der Waals surface area contributed by atoms with Gasteiger partial charge in [-0.3, -0.25) is 19.2 Å². The Labute approximate surface area is 249 Å². The van der Waals surface area contributed by atoms with Crippen molar-refractivity contribution in [2.75, 3.05) is 26.2 Å². The van der Waals surface area contributed by atoms with Gasteiger partial charge in [-0.05, 0) is 77.5 Å². The number of nitrogens with two attached hydrogens (primary N) is 8. The number of carbonyl (C=O) groups is 4. The van der Waals surface area contributed by atoms with Crippen LogP contribution in [0.15, 0.2) is 0 Å². The molecule has 4 unspecified atom stereocenters. The molecule has 0 spiro atoms. The fraction of sp³-hybridized carbons (Fsp3) is 0.833. The van der Waals surface area contributed by atoms with E-state index >= 15 is 0 Å². The van der Waals surface area contributed by atoms with Crippen LogP contribution in [0.5, 0.6) is 0 Å². The monoisotopic (exact) mass is 620 g/mol. The lowest BCUT2D eigenvalue weighted by Gasteiger charge is -2.03. The van der Waals surface area contributed by atoms with Gasteiger partial charge in [0.05, 0.1) is 0 Å². The molecule has 0 aromatic rings. The molecule has 4 atom stereocenters. The second kappa shape index (κ2) is 35.9. The van der Waals surface area contributed by atoms with Crippen molar-refractivity contribution in [3.63, 3.8) is 0 Å². The molecule has 0 amide bonds. The molecular formula is C24H57ClN8O8. The maximum absolute atomic E-state index is 10.1. The average molecular weight is 621 g/mol. The maximum atomic E-state index is 10.1. The molecule has 0 rings (SSSR count). The van der Waals surface area contributed by atoms with Crippen molar-refractivity contribution in [3.05, 3.63) is 0 Å². The molecule has 0 fully saturated rings. The highest BCUT2D eigenvalue weighted by Crippen LogP contribution is 1.99. The van der Waals surface area contributed by atoms with Crippen LogP contribution in [-0.4, -0.2) is 94.6 Å². The summed E-state index contributed by atoms with van der Waals surface area (Å²) < 4.78 is 0. The zero-order valence-corrected chi connectivity index (χ0v) is 24.9. The van der Waals surface area contributed by atoms with Gasteiger partial charge in [-0.25, -0.2) is 0 Å². The number of hydrogen-bond donors (Lipinski definition) is 12. The Kier molecular flexibility index (Phi) is 42.5. The minimum Gasteiger partial charge on any atom is -0.480 e. The van der Waals surface area contributed by atoms with Crippen molar-refractivity contribution >= 4 is 36.3 Å². The quantitative estimate of drug-likeness (QED) is 0.0690. The van der Waals surface area contributed by atoms with Gasteiger partial charge in [0, 0.05) is 0 Å². The Morgan fingerprint density at radius 2 is 0.537 bits per heavy atom. The van der Waals surface area contributed by atoms with Crippen molar-refractivity contribution in [3.8, 4) is 0 Å². The van der Waals surface area contributed by atoms with Crippen molar-refractivity contribution in [1.29, 1.82) is 0 Å². The van der Waals surface area contributed by atoms with Crippen LogP contribution < -0.4 is 45.9 Å². The third-order valence-corrected chi connectivity index (χ3v) is 5.15. The number of hydrogen-bond acceptors (Lipinski definition) is 12. The Morgan fingerprint density at radius 3 is 0.634 bits per heavy atom. The molecule has 17 heteroatoms. The molecule has 0 aliphatic carbocycles. The Morgan fingerprint density at radius 1 is 0.390 bits per heavy atom. The van der Waals surface area contributed by atoms with Crippen molar-refractivity contribution in [2.45, 2.75) is 101 Å². The number of carboxylic acids is 4. The maximum Gasteiger partial charge on any atom is 0.320 e. The SMILES string of the molecule is Cl.NCCCCC(N)C(=O)O.NCCCCC(N)C(=O)O.NCCCCC(N)C(=O)O.NCCCCC(N)C(=O)O. The van der Waals surface area contributed by atoms with E-state index in [1.807, 2.05) is 0 Å². The summed E-state index contributed by atoms with van der Waals surface area (Å²) in [6.07, 6.45) is 8.66. The topological polar surface area (TPSA) is 357 Å². The molecule has 248 valence electrons. The molecule has 0 saturated heterocycles. The second-order valence-electron chi connectivity index (χ2n) is 8.92. The van der Waals surface area contributed by atoms with Crippen LogP contribution in [0.1, 0.15) is 77.0 Å². The molecule has 0 saturated carbocycles. The highest BCUT2D eigenvalue weighted by atomic mass is 35.5. The molecule has 16 nitrogen and oxygen atoms in total. The summed E-state index contributed by atoms with van der Waals surface area (Å²) in [6, 6.07) is -2.86. The van der Waals surface area contributed by atoms with E-state index in [1.165, 1.54) is 0 Å². The Balaban J connectivity index is -0.000000139. The number of unbranched alkanes of at least 4 members (excludes halogenated alkanes) is 4. The lowest BCUT2D eigenvalue weighted by molar-refractivity contribution is -0.139. The lowest BCUT2D eigenvalue weighted by atomic mass is 10.1. The summed E-state index contributed by atoms with van der Waals surface area (Å²) in [5, 5.41) is 33.3. The first-order valence-electron chi connectivity index (χ1n) is 13.5. The second-order valence-corrected chi connectivity index (χ2v) is 8.92. The van der Waals surface area contributed by atoms with E-state index in [2.05, 4.69) is 0 Å². The Hall–Kier alpha value is -2.15. The van der Waals surface area contributed by atoms with Crippen molar-refractivity contribution in [2.24, 2.45) is 45.9 Å². The van der Waals surface area contributed by atoms with Crippen LogP contribution in [0.3, 0.4) is 0 Å². The minimum atomic E-state index is -0.933. The van der Waals surface area contributed by atoms with Gasteiger partial charge in [-0.15, -0.1) is 12.4 Å². The highest BCUT2D eigenvalue weighted by molar-refractivity contribution is 5.85. The molecule has 0 bridgehead atoms. The van der Waals surface area contributed by atoms with Crippen molar-refractivity contribution in [1.82, 2.24) is 0 Å². The smallest absolute Gasteiger partial charge is 0.320 e. The van der Waals surface area contributed by atoms with E-state index in [-0.39, 0.29) is 12.4 Å². The summed E-state index contributed by atoms with van der Waals surface area (Å²) in [5.41, 5.74) is 41.7. The summed E-state index contributed by atoms with van der Waals surface area (Å²) in [4.78, 5) is 40.5. The molecule has 0 aliphatic rings. The van der Waals surface area contributed by atoms with Crippen LogP contribution >= 0.6 is 12.4 Å². The number of carboxylic acid groups (broad SMARTS) is 4. The summed E-state index contributed by atoms with van der Waals surface area (Å²) in [6.45, 7) is 2.41. The largest absolute Gasteiger partial charge is 0.480 e. The normalized spacial score (nSPS) is 12.7. The first-order valence-corrected chi connectivity index (χ1v) is 13.5. The summed E-state index contributed by atoms with van der Waals surface area (Å²) in [5.74, 6) is -3.73. The number of halogens is 1. The highest BCUT2D eigenvalue weighted by Gasteiger charge is 2.11. The van der Waals surface area contributed by atoms with E-state index in [0.29, 0.717) is 51.9 Å². The predicted molar refractivity (Wildman–Crippen MR) is 161 cm³/mol. The van der Waals surface area contributed by atoms with E-state index in [0.717, 1.165) is 51.4 Å². The molecule has 0 aromatic heterocycles. The zero-order valence-electron chi connectivity index (χ0n) is 24.1. The van der Waals surface area contributed by atoms with E-state index in [4.69, 9.17) is 66.3 Å². The average Bonchev–Trinajstić information content (AvgIpc) is 2.89. The third-order valence-electron chi connectivity index (χ3n) is 5.15. The van der Waals surface area contributed by atoms with Crippen LogP contribution in [0.4, 0.5) is 0 Å². The van der Waals surface area contributed by atoms with Crippen LogP contribution in [0, 0.1) is 0 Å². The molecule has 20 N–H and O–H groups in total. The van der Waals surface area contributed by atoms with Gasteiger partial charge in [-0.2, -0.15) is 0 Å². The first kappa shape index (κ1) is 48.6. The van der Waals surface area contributed by atoms with Gasteiger partial charge in [0.2, 0.25) is 0 Å². The van der Waals surface area contributed by atoms with Gasteiger partial charge in [0.25, 0.3) is 0 Å². The van der Waals surface area contributed by atoms with Crippen molar-refractivity contribution < 1.29 is 39.6 Å². The van der Waals surface area contributed by atoms with Crippen LogP contribution in [-0.2, 0) is 19.2 Å². The molecule has 0 aromatic carbocycles. The van der Waals surface area contributed by atoms with Gasteiger partial charge < -0.3 is 66.3 Å². The first-order chi connectivity index (χ1) is 18.7. The summed E-state index contributed by atoms with van der Waals surface area (Å²) in [7, 11) is 0. The fourth-order valence-electron chi connectivity index (χ4n) is 2.53. The van der Waals surface area contributed by atoms with Gasteiger partial charge in [0.1, 0.15) is 24.2 Å². The molecule has 41 heavy (non-hydrogen) atoms. The van der Waals surface area contributed by atoms with Gasteiger partial charge >= 0.3 is 23.9 Å². The predicted octanol–water partition coefficient (Wildman–Crippen LogP) is -1.47. The molecular weight excluding hydrogens is 564 g/mol. The van der Waals surface area contributed by atoms with E-state index in [9.17, 15) is 19.2 Å². The number of aliphatic carboxylic acids is 4. The van der Waals surface area contributed by atoms with Gasteiger partial charge in [0.15, 0.2) is 0 Å². The molecule has 0 aliphatic heterocycles. The van der Waals surface area contributed by atoms with E-state index in [1.54, 1.807) is 0 Å². The minimum absolute atomic E-state index is 0. The van der Waals surface area contributed by atoms with Crippen LogP contribution in [0.25, 0.3) is 0 Å². The summed E-state index contributed by atoms with van der Waals surface area (Å²) >= 11 is 0. The molecule has 0 heterocycles. The zero-order chi connectivity index (χ0) is 31.9.